The number of hydrogen-bond acceptors (Lipinski definition) is 5. The number of anilines is 2. The van der Waals surface area contributed by atoms with Crippen molar-refractivity contribution in [3.05, 3.63) is 47.7 Å². The van der Waals surface area contributed by atoms with Crippen molar-refractivity contribution >= 4 is 23.3 Å². The van der Waals surface area contributed by atoms with Crippen molar-refractivity contribution in [1.82, 2.24) is 15.2 Å². The van der Waals surface area contributed by atoms with Crippen molar-refractivity contribution in [1.29, 1.82) is 0 Å². The molecule has 0 unspecified atom stereocenters. The number of hydrogen-bond donors (Lipinski definition) is 1. The zero-order valence-corrected chi connectivity index (χ0v) is 18.5. The quantitative estimate of drug-likeness (QED) is 0.815. The van der Waals surface area contributed by atoms with E-state index in [9.17, 15) is 9.59 Å². The van der Waals surface area contributed by atoms with Crippen LogP contribution in [0.4, 0.5) is 11.5 Å². The third-order valence-corrected chi connectivity index (χ3v) is 5.94. The van der Waals surface area contributed by atoms with E-state index < -0.39 is 5.54 Å². The Balaban J connectivity index is 1.56. The van der Waals surface area contributed by atoms with E-state index in [0.29, 0.717) is 24.5 Å². The van der Waals surface area contributed by atoms with Crippen LogP contribution < -0.4 is 15.0 Å². The molecule has 0 atom stereocenters. The number of likely N-dealkylation sites (tertiary alicyclic amines) is 1. The fourth-order valence-electron chi connectivity index (χ4n) is 4.32. The summed E-state index contributed by atoms with van der Waals surface area (Å²) < 4.78 is 5.85. The predicted octanol–water partition coefficient (Wildman–Crippen LogP) is 3.61. The van der Waals surface area contributed by atoms with Gasteiger partial charge in [0.1, 0.15) is 6.61 Å². The summed E-state index contributed by atoms with van der Waals surface area (Å²) in [4.78, 5) is 32.9. The van der Waals surface area contributed by atoms with Gasteiger partial charge in [-0.25, -0.2) is 4.98 Å². The number of pyridine rings is 1. The second kappa shape index (κ2) is 8.57. The molecule has 2 aromatic rings. The second-order valence-electron chi connectivity index (χ2n) is 8.75. The minimum Gasteiger partial charge on any atom is -0.488 e. The summed E-state index contributed by atoms with van der Waals surface area (Å²) in [5, 5.41) is 2.97. The Kier molecular flexibility index (Phi) is 5.85. The molecular weight excluding hydrogens is 392 g/mol. The van der Waals surface area contributed by atoms with Crippen molar-refractivity contribution in [3.8, 4) is 5.75 Å². The average Bonchev–Trinajstić information content (AvgIpc) is 2.77. The Morgan fingerprint density at radius 1 is 1.06 bits per heavy atom. The van der Waals surface area contributed by atoms with Gasteiger partial charge < -0.3 is 19.9 Å². The first-order valence-corrected chi connectivity index (χ1v) is 10.9. The molecule has 0 saturated carbocycles. The van der Waals surface area contributed by atoms with Crippen LogP contribution >= 0.6 is 0 Å². The zero-order chi connectivity index (χ0) is 22.0. The van der Waals surface area contributed by atoms with E-state index >= 15 is 0 Å². The van der Waals surface area contributed by atoms with E-state index in [-0.39, 0.29) is 11.8 Å². The monoisotopic (exact) mass is 422 g/mol. The van der Waals surface area contributed by atoms with Gasteiger partial charge >= 0.3 is 0 Å². The third kappa shape index (κ3) is 4.50. The molecule has 4 rings (SSSR count). The van der Waals surface area contributed by atoms with E-state index in [0.717, 1.165) is 43.0 Å². The minimum atomic E-state index is -0.449. The summed E-state index contributed by atoms with van der Waals surface area (Å²) in [6, 6.07) is 9.92. The van der Waals surface area contributed by atoms with Gasteiger partial charge in [0.2, 0.25) is 5.91 Å². The number of carbonyl (C=O) groups is 2. The highest BCUT2D eigenvalue weighted by Crippen LogP contribution is 2.36. The molecule has 1 aromatic heterocycles. The number of nitrogens with zero attached hydrogens (tertiary/aromatic N) is 3. The van der Waals surface area contributed by atoms with Gasteiger partial charge in [-0.15, -0.1) is 0 Å². The molecule has 7 nitrogen and oxygen atoms in total. The normalized spacial score (nSPS) is 16.4. The Labute approximate surface area is 183 Å². The molecule has 2 aliphatic heterocycles. The molecule has 1 fully saturated rings. The lowest BCUT2D eigenvalue weighted by Gasteiger charge is -2.32. The maximum absolute atomic E-state index is 12.8. The van der Waals surface area contributed by atoms with Gasteiger partial charge in [0.15, 0.2) is 11.6 Å². The number of benzene rings is 1. The molecule has 0 bridgehead atoms. The van der Waals surface area contributed by atoms with Crippen LogP contribution in [0.5, 0.6) is 5.75 Å². The molecule has 2 aliphatic rings. The van der Waals surface area contributed by atoms with Gasteiger partial charge in [-0.2, -0.15) is 0 Å². The first kappa shape index (κ1) is 21.2. The smallest absolute Gasteiger partial charge is 0.255 e. The largest absolute Gasteiger partial charge is 0.488 e. The summed E-state index contributed by atoms with van der Waals surface area (Å²) in [5.74, 6) is 1.32. The molecule has 0 aliphatic carbocycles. The van der Waals surface area contributed by atoms with Crippen molar-refractivity contribution < 1.29 is 14.3 Å². The van der Waals surface area contributed by atoms with Crippen molar-refractivity contribution in [2.75, 3.05) is 31.1 Å². The van der Waals surface area contributed by atoms with Crippen molar-refractivity contribution in [2.45, 2.75) is 45.6 Å². The van der Waals surface area contributed by atoms with Crippen molar-refractivity contribution in [3.63, 3.8) is 0 Å². The Morgan fingerprint density at radius 3 is 2.45 bits per heavy atom. The molecular formula is C24H30N4O3. The maximum Gasteiger partial charge on any atom is 0.255 e. The molecule has 0 radical (unpaired) electrons. The molecule has 164 valence electrons. The average molecular weight is 423 g/mol. The Bertz CT molecular complexity index is 965. The first-order valence-electron chi connectivity index (χ1n) is 10.9. The van der Waals surface area contributed by atoms with Crippen molar-refractivity contribution in [2.24, 2.45) is 0 Å². The molecule has 1 N–H and O–H groups in total. The highest BCUT2D eigenvalue weighted by molar-refractivity contribution is 5.95. The topological polar surface area (TPSA) is 74.8 Å². The highest BCUT2D eigenvalue weighted by atomic mass is 16.5. The number of piperidine rings is 1. The fraction of sp³-hybridized carbons (Fsp3) is 0.458. The van der Waals surface area contributed by atoms with Crippen LogP contribution in [0.2, 0.25) is 0 Å². The summed E-state index contributed by atoms with van der Waals surface area (Å²) in [6.45, 7) is 8.31. The van der Waals surface area contributed by atoms with Crippen LogP contribution in [-0.4, -0.2) is 47.9 Å². The van der Waals surface area contributed by atoms with E-state index in [1.54, 1.807) is 6.20 Å². The van der Waals surface area contributed by atoms with Gasteiger partial charge in [-0.3, -0.25) is 9.59 Å². The number of aromatic nitrogens is 1. The van der Waals surface area contributed by atoms with Crippen LogP contribution in [-0.2, 0) is 10.3 Å². The Morgan fingerprint density at radius 2 is 1.77 bits per heavy atom. The number of amides is 2. The number of carbonyl (C=O) groups excluding carboxylic acids is 2. The number of nitrogens with one attached hydrogen (secondary N) is 1. The van der Waals surface area contributed by atoms with E-state index in [2.05, 4.69) is 15.2 Å². The highest BCUT2D eigenvalue weighted by Gasteiger charge is 2.26. The SMILES string of the molecule is CC(=O)NC(C)(C)c1ccc(N2CCOc3cc(C(=O)N4CCCCC4)cnc32)cc1. The lowest BCUT2D eigenvalue weighted by molar-refractivity contribution is -0.120. The molecule has 1 saturated heterocycles. The molecule has 0 spiro atoms. The van der Waals surface area contributed by atoms with Crippen LogP contribution in [0.25, 0.3) is 0 Å². The Hall–Kier alpha value is -3.09. The van der Waals surface area contributed by atoms with Gasteiger partial charge in [0, 0.05) is 31.9 Å². The predicted molar refractivity (Wildman–Crippen MR) is 120 cm³/mol. The van der Waals surface area contributed by atoms with Crippen LogP contribution in [0.15, 0.2) is 36.5 Å². The van der Waals surface area contributed by atoms with Crippen LogP contribution in [0, 0.1) is 0 Å². The van der Waals surface area contributed by atoms with E-state index in [1.165, 1.54) is 13.3 Å². The molecule has 31 heavy (non-hydrogen) atoms. The standard InChI is InChI=1S/C24H30N4O3/c1-17(29)26-24(2,3)19-7-9-20(10-8-19)28-13-14-31-21-15-18(16-25-22(21)28)23(30)27-11-5-4-6-12-27/h7-10,15-16H,4-6,11-14H2,1-3H3,(H,26,29). The lowest BCUT2D eigenvalue weighted by Crippen LogP contribution is -2.39. The zero-order valence-electron chi connectivity index (χ0n) is 18.5. The molecule has 3 heterocycles. The summed E-state index contributed by atoms with van der Waals surface area (Å²) in [6.07, 6.45) is 4.96. The summed E-state index contributed by atoms with van der Waals surface area (Å²) in [5.41, 5.74) is 2.15. The summed E-state index contributed by atoms with van der Waals surface area (Å²) in [7, 11) is 0. The number of ether oxygens (including phenoxy) is 1. The van der Waals surface area contributed by atoms with E-state index in [4.69, 9.17) is 4.74 Å². The van der Waals surface area contributed by atoms with Crippen LogP contribution in [0.3, 0.4) is 0 Å². The van der Waals surface area contributed by atoms with Crippen LogP contribution in [0.1, 0.15) is 56.0 Å². The number of rotatable bonds is 4. The maximum atomic E-state index is 12.8. The second-order valence-corrected chi connectivity index (χ2v) is 8.75. The van der Waals surface area contributed by atoms with E-state index in [1.807, 2.05) is 49.1 Å². The summed E-state index contributed by atoms with van der Waals surface area (Å²) >= 11 is 0. The molecule has 2 amide bonds. The lowest BCUT2D eigenvalue weighted by atomic mass is 9.94. The van der Waals surface area contributed by atoms with Gasteiger partial charge in [-0.1, -0.05) is 12.1 Å². The van der Waals surface area contributed by atoms with Gasteiger partial charge in [0.05, 0.1) is 17.6 Å². The number of fused-ring (bicyclic) bond motifs is 1. The van der Waals surface area contributed by atoms with Gasteiger partial charge in [0.25, 0.3) is 5.91 Å². The minimum absolute atomic E-state index is 0.0280. The first-order chi connectivity index (χ1) is 14.8. The molecule has 1 aromatic carbocycles. The van der Waals surface area contributed by atoms with Gasteiger partial charge in [-0.05, 0) is 56.9 Å². The molecule has 7 heteroatoms. The fourth-order valence-corrected chi connectivity index (χ4v) is 4.32. The third-order valence-electron chi connectivity index (χ3n) is 5.94.